The summed E-state index contributed by atoms with van der Waals surface area (Å²) < 4.78 is 18.6. The number of hydrogen-bond donors (Lipinski definition) is 1. The monoisotopic (exact) mass is 450 g/mol. The summed E-state index contributed by atoms with van der Waals surface area (Å²) in [6.45, 7) is 4.83. The molecule has 1 atom stereocenters. The molecule has 1 aliphatic rings. The molecule has 1 N–H and O–H groups in total. The van der Waals surface area contributed by atoms with Crippen LogP contribution in [0.25, 0.3) is 0 Å². The molecule has 8 heteroatoms. The Labute approximate surface area is 183 Å². The van der Waals surface area contributed by atoms with Gasteiger partial charge in [-0.15, -0.1) is 24.8 Å². The van der Waals surface area contributed by atoms with Crippen LogP contribution in [-0.4, -0.2) is 55.4 Å². The van der Waals surface area contributed by atoms with Crippen molar-refractivity contribution in [2.45, 2.75) is 12.7 Å². The summed E-state index contributed by atoms with van der Waals surface area (Å²) in [5.74, 6) is -0.214. The number of aliphatic hydroxyl groups is 1. The van der Waals surface area contributed by atoms with Crippen LogP contribution in [0.2, 0.25) is 5.02 Å². The zero-order chi connectivity index (χ0) is 18.4. The van der Waals surface area contributed by atoms with Gasteiger partial charge in [0.05, 0.1) is 19.3 Å². The number of benzene rings is 2. The Balaban J connectivity index is 0.00000196. The molecule has 1 fully saturated rings. The number of β-amino-alcohol motifs (C(OH)–C–C–N with tert-alkyl or cyclic N) is 1. The topological polar surface area (TPSA) is 35.9 Å². The zero-order valence-electron chi connectivity index (χ0n) is 15.5. The smallest absolute Gasteiger partial charge is 0.123 e. The third-order valence-corrected chi connectivity index (χ3v) is 4.78. The molecule has 156 valence electrons. The van der Waals surface area contributed by atoms with Crippen LogP contribution in [0.5, 0.6) is 0 Å². The minimum atomic E-state index is -0.514. The van der Waals surface area contributed by atoms with Gasteiger partial charge >= 0.3 is 0 Å². The van der Waals surface area contributed by atoms with E-state index in [-0.39, 0.29) is 30.6 Å². The molecule has 1 aliphatic heterocycles. The molecular weight excluding hydrogens is 426 g/mol. The molecule has 2 aromatic rings. The first kappa shape index (κ1) is 25.0. The predicted octanol–water partition coefficient (Wildman–Crippen LogP) is 4.02. The standard InChI is InChI=1S/C20H24ClFN2O2.2ClH/c21-17-3-1-16(2-4-17)14-26-15-20(25)13-23-9-11-24(12-10-23)19-7-5-18(22)6-8-19;;/h1-8,20,25H,9-15H2;2*1H. The maximum absolute atomic E-state index is 13.0. The normalized spacial score (nSPS) is 15.5. The second-order valence-electron chi connectivity index (χ2n) is 6.56. The molecule has 3 rings (SSSR count). The number of nitrogens with zero attached hydrogens (tertiary/aromatic N) is 2. The highest BCUT2D eigenvalue weighted by molar-refractivity contribution is 6.30. The summed E-state index contributed by atoms with van der Waals surface area (Å²) in [6, 6.07) is 14.1. The second kappa shape index (κ2) is 12.5. The molecule has 0 aliphatic carbocycles. The van der Waals surface area contributed by atoms with Crippen LogP contribution in [-0.2, 0) is 11.3 Å². The van der Waals surface area contributed by atoms with Crippen LogP contribution in [0.1, 0.15) is 5.56 Å². The maximum atomic E-state index is 13.0. The van der Waals surface area contributed by atoms with Gasteiger partial charge in [0.2, 0.25) is 0 Å². The van der Waals surface area contributed by atoms with Gasteiger partial charge in [-0.1, -0.05) is 23.7 Å². The molecule has 1 heterocycles. The maximum Gasteiger partial charge on any atom is 0.123 e. The van der Waals surface area contributed by atoms with E-state index in [9.17, 15) is 9.50 Å². The molecule has 0 bridgehead atoms. The number of hydrogen-bond acceptors (Lipinski definition) is 4. The van der Waals surface area contributed by atoms with Crippen LogP contribution in [0, 0.1) is 5.82 Å². The largest absolute Gasteiger partial charge is 0.389 e. The minimum absolute atomic E-state index is 0. The molecule has 28 heavy (non-hydrogen) atoms. The molecule has 1 unspecified atom stereocenters. The van der Waals surface area contributed by atoms with E-state index >= 15 is 0 Å². The first-order valence-corrected chi connectivity index (χ1v) is 9.21. The number of piperazine rings is 1. The quantitative estimate of drug-likeness (QED) is 0.690. The van der Waals surface area contributed by atoms with E-state index < -0.39 is 6.10 Å². The molecule has 4 nitrogen and oxygen atoms in total. The fourth-order valence-electron chi connectivity index (χ4n) is 3.08. The summed E-state index contributed by atoms with van der Waals surface area (Å²) in [7, 11) is 0. The molecule has 0 radical (unpaired) electrons. The van der Waals surface area contributed by atoms with E-state index in [1.807, 2.05) is 36.4 Å². The van der Waals surface area contributed by atoms with Gasteiger partial charge in [-0.3, -0.25) is 4.90 Å². The van der Waals surface area contributed by atoms with Crippen molar-refractivity contribution >= 4 is 42.1 Å². The van der Waals surface area contributed by atoms with Crippen molar-refractivity contribution in [3.8, 4) is 0 Å². The Morgan fingerprint density at radius 3 is 2.18 bits per heavy atom. The van der Waals surface area contributed by atoms with Gasteiger partial charge in [-0.2, -0.15) is 0 Å². The lowest BCUT2D eigenvalue weighted by atomic mass is 10.2. The number of anilines is 1. The summed E-state index contributed by atoms with van der Waals surface area (Å²) >= 11 is 5.85. The number of halogens is 4. The Hall–Kier alpha value is -1.08. The van der Waals surface area contributed by atoms with Crippen molar-refractivity contribution in [3.05, 3.63) is 64.9 Å². The van der Waals surface area contributed by atoms with Crippen molar-refractivity contribution in [1.29, 1.82) is 0 Å². The highest BCUT2D eigenvalue weighted by Gasteiger charge is 2.19. The molecule has 1 saturated heterocycles. The van der Waals surface area contributed by atoms with E-state index in [1.165, 1.54) is 12.1 Å². The van der Waals surface area contributed by atoms with Gasteiger partial charge in [0, 0.05) is 43.4 Å². The van der Waals surface area contributed by atoms with E-state index in [4.69, 9.17) is 16.3 Å². The summed E-state index contributed by atoms with van der Waals surface area (Å²) in [6.07, 6.45) is -0.514. The van der Waals surface area contributed by atoms with Gasteiger partial charge in [0.1, 0.15) is 5.82 Å². The van der Waals surface area contributed by atoms with Gasteiger partial charge in [-0.25, -0.2) is 4.39 Å². The Morgan fingerprint density at radius 2 is 1.57 bits per heavy atom. The Kier molecular flexibility index (Phi) is 11.1. The van der Waals surface area contributed by atoms with Crippen molar-refractivity contribution in [2.24, 2.45) is 0 Å². The lowest BCUT2D eigenvalue weighted by Gasteiger charge is -2.36. The first-order chi connectivity index (χ1) is 12.6. The van der Waals surface area contributed by atoms with E-state index in [0.717, 1.165) is 37.4 Å². The first-order valence-electron chi connectivity index (χ1n) is 8.83. The Morgan fingerprint density at radius 1 is 0.964 bits per heavy atom. The summed E-state index contributed by atoms with van der Waals surface area (Å²) in [5, 5.41) is 10.9. The van der Waals surface area contributed by atoms with E-state index in [0.29, 0.717) is 24.8 Å². The minimum Gasteiger partial charge on any atom is -0.389 e. The third kappa shape index (κ3) is 7.74. The molecule has 0 aromatic heterocycles. The third-order valence-electron chi connectivity index (χ3n) is 4.53. The number of rotatable bonds is 7. The highest BCUT2D eigenvalue weighted by Crippen LogP contribution is 2.17. The molecule has 0 spiro atoms. The van der Waals surface area contributed by atoms with E-state index in [2.05, 4.69) is 9.80 Å². The average Bonchev–Trinajstić information content (AvgIpc) is 2.65. The molecule has 0 saturated carbocycles. The van der Waals surface area contributed by atoms with Crippen molar-refractivity contribution in [2.75, 3.05) is 44.2 Å². The number of ether oxygens (including phenoxy) is 1. The van der Waals surface area contributed by atoms with Crippen LogP contribution in [0.15, 0.2) is 48.5 Å². The van der Waals surface area contributed by atoms with Crippen molar-refractivity contribution in [3.63, 3.8) is 0 Å². The van der Waals surface area contributed by atoms with Crippen LogP contribution < -0.4 is 4.90 Å². The van der Waals surface area contributed by atoms with Crippen molar-refractivity contribution < 1.29 is 14.2 Å². The van der Waals surface area contributed by atoms with Crippen LogP contribution >= 0.6 is 36.4 Å². The fraction of sp³-hybridized carbons (Fsp3) is 0.400. The predicted molar refractivity (Wildman–Crippen MR) is 117 cm³/mol. The highest BCUT2D eigenvalue weighted by atomic mass is 35.5. The second-order valence-corrected chi connectivity index (χ2v) is 7.00. The van der Waals surface area contributed by atoms with Gasteiger partial charge in [0.15, 0.2) is 0 Å². The lowest BCUT2D eigenvalue weighted by molar-refractivity contribution is 0.00914. The fourth-order valence-corrected chi connectivity index (χ4v) is 3.21. The van der Waals surface area contributed by atoms with Crippen LogP contribution in [0.4, 0.5) is 10.1 Å². The lowest BCUT2D eigenvalue weighted by Crippen LogP contribution is -2.49. The molecular formula is C20H26Cl3FN2O2. The van der Waals surface area contributed by atoms with Gasteiger partial charge < -0.3 is 14.7 Å². The van der Waals surface area contributed by atoms with E-state index in [1.54, 1.807) is 0 Å². The van der Waals surface area contributed by atoms with Crippen LogP contribution in [0.3, 0.4) is 0 Å². The SMILES string of the molecule is Cl.Cl.OC(COCc1ccc(Cl)cc1)CN1CCN(c2ccc(F)cc2)CC1. The van der Waals surface area contributed by atoms with Crippen molar-refractivity contribution in [1.82, 2.24) is 4.90 Å². The van der Waals surface area contributed by atoms with Gasteiger partial charge in [-0.05, 0) is 42.0 Å². The zero-order valence-corrected chi connectivity index (χ0v) is 17.9. The average molecular weight is 452 g/mol. The summed E-state index contributed by atoms with van der Waals surface area (Å²) in [5.41, 5.74) is 2.08. The Bertz CT molecular complexity index is 681. The molecule has 2 aromatic carbocycles. The molecule has 0 amide bonds. The van der Waals surface area contributed by atoms with Gasteiger partial charge in [0.25, 0.3) is 0 Å². The number of aliphatic hydroxyl groups excluding tert-OH is 1. The summed E-state index contributed by atoms with van der Waals surface area (Å²) in [4.78, 5) is 4.47.